The predicted octanol–water partition coefficient (Wildman–Crippen LogP) is 2.64. The number of ether oxygens (including phenoxy) is 2. The van der Waals surface area contributed by atoms with Gasteiger partial charge in [-0.1, -0.05) is 17.7 Å². The Morgan fingerprint density at radius 1 is 1.22 bits per heavy atom. The Morgan fingerprint density at radius 2 is 1.96 bits per heavy atom. The second-order valence-corrected chi connectivity index (χ2v) is 5.96. The number of ketones is 1. The second kappa shape index (κ2) is 9.09. The van der Waals surface area contributed by atoms with Gasteiger partial charge in [-0.15, -0.1) is 0 Å². The number of hydrogen-bond acceptors (Lipinski definition) is 6. The molecule has 2 aromatic carbocycles. The molecule has 0 bridgehead atoms. The van der Waals surface area contributed by atoms with E-state index in [0.29, 0.717) is 29.0 Å². The Kier molecular flexibility index (Phi) is 6.85. The Bertz CT molecular complexity index is 888. The molecule has 6 nitrogen and oxygen atoms in total. The average molecular weight is 390 g/mol. The minimum atomic E-state index is -1.27. The molecule has 0 radical (unpaired) electrons. The average Bonchev–Trinajstić information content (AvgIpc) is 2.63. The minimum Gasteiger partial charge on any atom is -0.550 e. The molecule has 0 spiro atoms. The fourth-order valence-electron chi connectivity index (χ4n) is 2.45. The maximum atomic E-state index is 12.4. The van der Waals surface area contributed by atoms with Gasteiger partial charge in [0.25, 0.3) is 0 Å². The summed E-state index contributed by atoms with van der Waals surface area (Å²) in [6.07, 6.45) is 2.49. The number of benzene rings is 2. The van der Waals surface area contributed by atoms with Crippen molar-refractivity contribution >= 4 is 29.4 Å². The summed E-state index contributed by atoms with van der Waals surface area (Å²) >= 11 is 5.97. The Morgan fingerprint density at radius 3 is 2.59 bits per heavy atom. The van der Waals surface area contributed by atoms with Crippen molar-refractivity contribution < 1.29 is 29.3 Å². The summed E-state index contributed by atoms with van der Waals surface area (Å²) in [5.74, 6) is -1.18. The first kappa shape index (κ1) is 20.3. The standard InChI is InChI=1S/C20H19ClO6/c1-3-27-18-9-12(8-15(21)20(18)25)4-6-16(22)13-5-7-17(26-2)14(10-13)11-19(23)24/h4-10,25H,3,11H2,1-2H3,(H,23,24)/p-1/b6-4+. The fraction of sp³-hybridized carbons (Fsp3) is 0.200. The van der Waals surface area contributed by atoms with E-state index in [4.69, 9.17) is 21.1 Å². The van der Waals surface area contributed by atoms with Gasteiger partial charge in [-0.2, -0.15) is 0 Å². The number of carbonyl (C=O) groups excluding carboxylic acids is 2. The van der Waals surface area contributed by atoms with Gasteiger partial charge < -0.3 is 24.5 Å². The number of phenolic OH excluding ortho intramolecular Hbond substituents is 1. The first-order valence-corrected chi connectivity index (χ1v) is 8.48. The molecule has 0 aliphatic carbocycles. The molecule has 0 atom stereocenters. The van der Waals surface area contributed by atoms with Gasteiger partial charge in [0, 0.05) is 23.5 Å². The highest BCUT2D eigenvalue weighted by Crippen LogP contribution is 2.35. The van der Waals surface area contributed by atoms with Gasteiger partial charge in [-0.05, 0) is 48.9 Å². The summed E-state index contributed by atoms with van der Waals surface area (Å²) in [4.78, 5) is 23.3. The van der Waals surface area contributed by atoms with Gasteiger partial charge in [0.15, 0.2) is 17.3 Å². The van der Waals surface area contributed by atoms with E-state index in [9.17, 15) is 19.8 Å². The van der Waals surface area contributed by atoms with E-state index >= 15 is 0 Å². The summed E-state index contributed by atoms with van der Waals surface area (Å²) in [5.41, 5.74) is 1.22. The maximum absolute atomic E-state index is 12.4. The van der Waals surface area contributed by atoms with Crippen LogP contribution in [0.2, 0.25) is 5.02 Å². The molecule has 0 fully saturated rings. The highest BCUT2D eigenvalue weighted by Gasteiger charge is 2.11. The van der Waals surface area contributed by atoms with Crippen molar-refractivity contribution in [3.8, 4) is 17.2 Å². The second-order valence-electron chi connectivity index (χ2n) is 5.56. The zero-order valence-electron chi connectivity index (χ0n) is 14.8. The number of carbonyl (C=O) groups is 2. The summed E-state index contributed by atoms with van der Waals surface area (Å²) in [7, 11) is 1.42. The molecule has 0 heterocycles. The molecule has 2 aromatic rings. The fourth-order valence-corrected chi connectivity index (χ4v) is 2.67. The van der Waals surface area contributed by atoms with Crippen LogP contribution in [0.1, 0.15) is 28.4 Å². The van der Waals surface area contributed by atoms with Gasteiger partial charge in [0.1, 0.15) is 5.75 Å². The zero-order chi connectivity index (χ0) is 20.0. The molecule has 0 amide bonds. The van der Waals surface area contributed by atoms with Crippen LogP contribution < -0.4 is 14.6 Å². The molecule has 142 valence electrons. The molecular weight excluding hydrogens is 372 g/mol. The molecular formula is C20H18ClO6-. The number of aliphatic carboxylic acids is 1. The maximum Gasteiger partial charge on any atom is 0.185 e. The number of carboxylic acids is 1. The third-order valence-corrected chi connectivity index (χ3v) is 3.97. The number of halogens is 1. The normalized spacial score (nSPS) is 10.8. The Balaban J connectivity index is 2.28. The lowest BCUT2D eigenvalue weighted by Crippen LogP contribution is -2.24. The van der Waals surface area contributed by atoms with E-state index in [1.54, 1.807) is 19.1 Å². The molecule has 2 rings (SSSR count). The van der Waals surface area contributed by atoms with Crippen LogP contribution in [0, 0.1) is 0 Å². The van der Waals surface area contributed by atoms with Crippen molar-refractivity contribution in [1.82, 2.24) is 0 Å². The monoisotopic (exact) mass is 389 g/mol. The van der Waals surface area contributed by atoms with E-state index in [2.05, 4.69) is 0 Å². The number of allylic oxidation sites excluding steroid dienone is 1. The van der Waals surface area contributed by atoms with Crippen LogP contribution in [0.3, 0.4) is 0 Å². The van der Waals surface area contributed by atoms with E-state index in [-0.39, 0.29) is 28.7 Å². The first-order chi connectivity index (χ1) is 12.8. The molecule has 0 saturated heterocycles. The van der Waals surface area contributed by atoms with Crippen LogP contribution in [0.25, 0.3) is 6.08 Å². The number of hydrogen-bond donors (Lipinski definition) is 1. The van der Waals surface area contributed by atoms with Crippen molar-refractivity contribution in [2.45, 2.75) is 13.3 Å². The third kappa shape index (κ3) is 5.24. The summed E-state index contributed by atoms with van der Waals surface area (Å²) in [5, 5.41) is 20.8. The Labute approximate surface area is 161 Å². The molecule has 0 unspecified atom stereocenters. The van der Waals surface area contributed by atoms with Crippen LogP contribution in [-0.4, -0.2) is 30.6 Å². The van der Waals surface area contributed by atoms with Gasteiger partial charge in [0.2, 0.25) is 0 Å². The van der Waals surface area contributed by atoms with Crippen LogP contribution in [0.4, 0.5) is 0 Å². The number of phenols is 1. The summed E-state index contributed by atoms with van der Waals surface area (Å²) < 4.78 is 10.4. The van der Waals surface area contributed by atoms with E-state index in [1.165, 1.54) is 37.5 Å². The molecule has 0 aromatic heterocycles. The molecule has 0 saturated carbocycles. The minimum absolute atomic E-state index is 0.105. The number of carboxylic acid groups (broad SMARTS) is 1. The molecule has 1 N–H and O–H groups in total. The van der Waals surface area contributed by atoms with Gasteiger partial charge in [0.05, 0.1) is 18.7 Å². The largest absolute Gasteiger partial charge is 0.550 e. The highest BCUT2D eigenvalue weighted by atomic mass is 35.5. The summed E-state index contributed by atoms with van der Waals surface area (Å²) in [6, 6.07) is 7.59. The molecule has 0 aliphatic heterocycles. The SMILES string of the molecule is CCOc1cc(/C=C/C(=O)c2ccc(OC)c(CC(=O)[O-])c2)cc(Cl)c1O. The molecule has 27 heavy (non-hydrogen) atoms. The van der Waals surface area contributed by atoms with Crippen LogP contribution >= 0.6 is 11.6 Å². The molecule has 0 aliphatic rings. The van der Waals surface area contributed by atoms with E-state index in [1.807, 2.05) is 0 Å². The number of aromatic hydroxyl groups is 1. The van der Waals surface area contributed by atoms with Gasteiger partial charge >= 0.3 is 0 Å². The zero-order valence-corrected chi connectivity index (χ0v) is 15.6. The lowest BCUT2D eigenvalue weighted by atomic mass is 10.0. The van der Waals surface area contributed by atoms with E-state index in [0.717, 1.165) is 0 Å². The lowest BCUT2D eigenvalue weighted by molar-refractivity contribution is -0.304. The van der Waals surface area contributed by atoms with Gasteiger partial charge in [-0.3, -0.25) is 4.79 Å². The highest BCUT2D eigenvalue weighted by molar-refractivity contribution is 6.32. The van der Waals surface area contributed by atoms with Gasteiger partial charge in [-0.25, -0.2) is 0 Å². The third-order valence-electron chi connectivity index (χ3n) is 3.68. The lowest BCUT2D eigenvalue weighted by Gasteiger charge is -2.10. The first-order valence-electron chi connectivity index (χ1n) is 8.10. The van der Waals surface area contributed by atoms with Crippen molar-refractivity contribution in [3.05, 3.63) is 58.1 Å². The molecule has 7 heteroatoms. The van der Waals surface area contributed by atoms with Crippen molar-refractivity contribution in [2.24, 2.45) is 0 Å². The van der Waals surface area contributed by atoms with Crippen LogP contribution in [-0.2, 0) is 11.2 Å². The quantitative estimate of drug-likeness (QED) is 0.550. The number of methoxy groups -OCH3 is 1. The van der Waals surface area contributed by atoms with Crippen molar-refractivity contribution in [1.29, 1.82) is 0 Å². The van der Waals surface area contributed by atoms with E-state index < -0.39 is 5.97 Å². The number of rotatable bonds is 8. The van der Waals surface area contributed by atoms with Crippen molar-refractivity contribution in [2.75, 3.05) is 13.7 Å². The van der Waals surface area contributed by atoms with Crippen molar-refractivity contribution in [3.63, 3.8) is 0 Å². The Hall–Kier alpha value is -2.99. The summed E-state index contributed by atoms with van der Waals surface area (Å²) in [6.45, 7) is 2.12. The smallest absolute Gasteiger partial charge is 0.185 e. The van der Waals surface area contributed by atoms with Crippen LogP contribution in [0.5, 0.6) is 17.2 Å². The topological polar surface area (TPSA) is 95.9 Å². The van der Waals surface area contributed by atoms with Crippen LogP contribution in [0.15, 0.2) is 36.4 Å². The predicted molar refractivity (Wildman–Crippen MR) is 99.4 cm³/mol.